The molecule has 0 N–H and O–H groups in total. The van der Waals surface area contributed by atoms with E-state index in [0.29, 0.717) is 12.3 Å². The predicted octanol–water partition coefficient (Wildman–Crippen LogP) is 3.40. The number of rotatable bonds is 2. The van der Waals surface area contributed by atoms with Crippen LogP contribution in [0.25, 0.3) is 0 Å². The molecule has 84 valence electrons. The van der Waals surface area contributed by atoms with Crippen LogP contribution in [-0.4, -0.2) is 11.6 Å². The third kappa shape index (κ3) is 6.01. The van der Waals surface area contributed by atoms with Gasteiger partial charge in [0.1, 0.15) is 5.60 Å². The van der Waals surface area contributed by atoms with Crippen LogP contribution in [0.3, 0.4) is 0 Å². The Morgan fingerprint density at radius 3 is 1.86 bits per heavy atom. The van der Waals surface area contributed by atoms with Crippen molar-refractivity contribution in [3.63, 3.8) is 0 Å². The second-order valence-electron chi connectivity index (χ2n) is 6.06. The molecule has 0 aliphatic heterocycles. The van der Waals surface area contributed by atoms with Gasteiger partial charge in [-0.3, -0.25) is 4.79 Å². The van der Waals surface area contributed by atoms with Gasteiger partial charge in [-0.1, -0.05) is 27.7 Å². The molecule has 0 spiro atoms. The van der Waals surface area contributed by atoms with E-state index in [1.54, 1.807) is 0 Å². The first kappa shape index (κ1) is 13.5. The summed E-state index contributed by atoms with van der Waals surface area (Å²) in [5.74, 6) is 0.247. The van der Waals surface area contributed by atoms with Crippen molar-refractivity contribution in [2.75, 3.05) is 0 Å². The van der Waals surface area contributed by atoms with Crippen LogP contribution in [0.5, 0.6) is 0 Å². The van der Waals surface area contributed by atoms with Crippen LogP contribution in [0.1, 0.15) is 54.9 Å². The Balaban J connectivity index is 4.09. The lowest BCUT2D eigenvalue weighted by Gasteiger charge is -2.28. The maximum atomic E-state index is 11.5. The molecule has 0 saturated carbocycles. The molecule has 1 unspecified atom stereocenters. The first-order valence-corrected chi connectivity index (χ1v) is 5.24. The second-order valence-corrected chi connectivity index (χ2v) is 6.06. The zero-order chi connectivity index (χ0) is 11.6. The molecule has 1 atom stereocenters. The van der Waals surface area contributed by atoms with Crippen molar-refractivity contribution in [2.45, 2.75) is 60.5 Å². The third-order valence-corrected chi connectivity index (χ3v) is 2.37. The van der Waals surface area contributed by atoms with Crippen LogP contribution in [-0.2, 0) is 9.53 Å². The zero-order valence-corrected chi connectivity index (χ0v) is 10.6. The molecule has 0 heterocycles. The van der Waals surface area contributed by atoms with E-state index in [-0.39, 0.29) is 17.0 Å². The van der Waals surface area contributed by atoms with Gasteiger partial charge in [0.2, 0.25) is 0 Å². The first-order chi connectivity index (χ1) is 6.02. The number of ether oxygens (including phenoxy) is 1. The fraction of sp³-hybridized carbons (Fsp3) is 0.917. The van der Waals surface area contributed by atoms with Crippen molar-refractivity contribution in [3.05, 3.63) is 0 Å². The molecule has 2 nitrogen and oxygen atoms in total. The van der Waals surface area contributed by atoms with Gasteiger partial charge in [0.05, 0.1) is 0 Å². The lowest BCUT2D eigenvalue weighted by atomic mass is 9.80. The van der Waals surface area contributed by atoms with E-state index >= 15 is 0 Å². The summed E-state index contributed by atoms with van der Waals surface area (Å²) in [5.41, 5.74) is -0.203. The van der Waals surface area contributed by atoms with Gasteiger partial charge in [-0.05, 0) is 32.1 Å². The summed E-state index contributed by atoms with van der Waals surface area (Å²) in [5, 5.41) is 0. The molecule has 0 radical (unpaired) electrons. The first-order valence-electron chi connectivity index (χ1n) is 5.24. The largest absolute Gasteiger partial charge is 0.460 e. The summed E-state index contributed by atoms with van der Waals surface area (Å²) in [4.78, 5) is 11.5. The van der Waals surface area contributed by atoms with Crippen LogP contribution < -0.4 is 0 Å². The van der Waals surface area contributed by atoms with Crippen LogP contribution in [0.4, 0.5) is 0 Å². The highest BCUT2D eigenvalue weighted by molar-refractivity contribution is 5.70. The van der Waals surface area contributed by atoms with Gasteiger partial charge in [0.25, 0.3) is 0 Å². The summed E-state index contributed by atoms with van der Waals surface area (Å²) in [6.45, 7) is 14.2. The average Bonchev–Trinajstić information content (AvgIpc) is 1.79. The van der Waals surface area contributed by atoms with Crippen molar-refractivity contribution in [1.82, 2.24) is 0 Å². The minimum absolute atomic E-state index is 0.0973. The fourth-order valence-electron chi connectivity index (χ4n) is 0.939. The smallest absolute Gasteiger partial charge is 0.306 e. The van der Waals surface area contributed by atoms with Crippen LogP contribution in [0.2, 0.25) is 0 Å². The Morgan fingerprint density at radius 2 is 1.57 bits per heavy atom. The second kappa shape index (κ2) is 4.33. The molecular weight excluding hydrogens is 176 g/mol. The van der Waals surface area contributed by atoms with Gasteiger partial charge >= 0.3 is 5.97 Å². The Kier molecular flexibility index (Phi) is 4.16. The van der Waals surface area contributed by atoms with Gasteiger partial charge in [0, 0.05) is 6.42 Å². The van der Waals surface area contributed by atoms with E-state index < -0.39 is 0 Å². The molecule has 0 bridgehead atoms. The Labute approximate surface area is 88.0 Å². The van der Waals surface area contributed by atoms with E-state index in [0.717, 1.165) is 0 Å². The topological polar surface area (TPSA) is 26.3 Å². The normalized spacial score (nSPS) is 15.1. The van der Waals surface area contributed by atoms with Gasteiger partial charge in [0.15, 0.2) is 0 Å². The van der Waals surface area contributed by atoms with Gasteiger partial charge in [-0.25, -0.2) is 0 Å². The van der Waals surface area contributed by atoms with E-state index in [4.69, 9.17) is 4.74 Å². The molecule has 0 fully saturated rings. The van der Waals surface area contributed by atoms with Crippen molar-refractivity contribution >= 4 is 5.97 Å². The van der Waals surface area contributed by atoms with Crippen LogP contribution in [0.15, 0.2) is 0 Å². The van der Waals surface area contributed by atoms with Crippen molar-refractivity contribution < 1.29 is 9.53 Å². The maximum absolute atomic E-state index is 11.5. The standard InChI is InChI=1S/C12H24O2/c1-9(11(2,3)4)8-10(13)14-12(5,6)7/h9H,8H2,1-7H3. The third-order valence-electron chi connectivity index (χ3n) is 2.37. The fourth-order valence-corrected chi connectivity index (χ4v) is 0.939. The molecule has 2 heteroatoms. The lowest BCUT2D eigenvalue weighted by molar-refractivity contribution is -0.156. The van der Waals surface area contributed by atoms with Gasteiger partial charge in [-0.15, -0.1) is 0 Å². The molecule has 0 aromatic rings. The van der Waals surface area contributed by atoms with Gasteiger partial charge < -0.3 is 4.74 Å². The number of esters is 1. The SMILES string of the molecule is CC(CC(=O)OC(C)(C)C)C(C)(C)C. The summed E-state index contributed by atoms with van der Waals surface area (Å²) in [6, 6.07) is 0. The van der Waals surface area contributed by atoms with Crippen LogP contribution >= 0.6 is 0 Å². The summed E-state index contributed by atoms with van der Waals surface area (Å²) in [7, 11) is 0. The number of hydrogen-bond acceptors (Lipinski definition) is 2. The highest BCUT2D eigenvalue weighted by Crippen LogP contribution is 2.28. The van der Waals surface area contributed by atoms with E-state index in [9.17, 15) is 4.79 Å². The monoisotopic (exact) mass is 200 g/mol. The molecule has 0 aliphatic carbocycles. The molecule has 14 heavy (non-hydrogen) atoms. The van der Waals surface area contributed by atoms with E-state index in [2.05, 4.69) is 27.7 Å². The summed E-state index contributed by atoms with van der Waals surface area (Å²) in [6.07, 6.45) is 0.501. The number of carbonyl (C=O) groups excluding carboxylic acids is 1. The summed E-state index contributed by atoms with van der Waals surface area (Å²) >= 11 is 0. The molecule has 0 amide bonds. The molecule has 0 aromatic carbocycles. The lowest BCUT2D eigenvalue weighted by Crippen LogP contribution is -2.27. The Hall–Kier alpha value is -0.530. The number of hydrogen-bond donors (Lipinski definition) is 0. The Morgan fingerprint density at radius 1 is 1.14 bits per heavy atom. The van der Waals surface area contributed by atoms with E-state index in [1.165, 1.54) is 0 Å². The van der Waals surface area contributed by atoms with E-state index in [1.807, 2.05) is 20.8 Å². The van der Waals surface area contributed by atoms with Crippen molar-refractivity contribution in [1.29, 1.82) is 0 Å². The number of carbonyl (C=O) groups is 1. The average molecular weight is 200 g/mol. The van der Waals surface area contributed by atoms with Crippen molar-refractivity contribution in [3.8, 4) is 0 Å². The highest BCUT2D eigenvalue weighted by atomic mass is 16.6. The van der Waals surface area contributed by atoms with Crippen LogP contribution in [0, 0.1) is 11.3 Å². The molecule has 0 rings (SSSR count). The minimum Gasteiger partial charge on any atom is -0.460 e. The highest BCUT2D eigenvalue weighted by Gasteiger charge is 2.25. The molecular formula is C12H24O2. The van der Waals surface area contributed by atoms with Crippen molar-refractivity contribution in [2.24, 2.45) is 11.3 Å². The van der Waals surface area contributed by atoms with Gasteiger partial charge in [-0.2, -0.15) is 0 Å². The molecule has 0 aliphatic rings. The molecule has 0 saturated heterocycles. The molecule has 0 aromatic heterocycles. The predicted molar refractivity (Wildman–Crippen MR) is 59.1 cm³/mol. The quantitative estimate of drug-likeness (QED) is 0.639. The summed E-state index contributed by atoms with van der Waals surface area (Å²) < 4.78 is 5.26. The maximum Gasteiger partial charge on any atom is 0.306 e. The Bertz CT molecular complexity index is 193. The minimum atomic E-state index is -0.366. The zero-order valence-electron chi connectivity index (χ0n) is 10.6.